The molecule has 0 spiro atoms. The van der Waals surface area contributed by atoms with Crippen molar-refractivity contribution in [2.24, 2.45) is 5.92 Å². The van der Waals surface area contributed by atoms with E-state index >= 15 is 0 Å². The molecular weight excluding hydrogens is 236 g/mol. The van der Waals surface area contributed by atoms with E-state index in [1.54, 1.807) is 0 Å². The maximum absolute atomic E-state index is 11.7. The van der Waals surface area contributed by atoms with Crippen LogP contribution in [0.3, 0.4) is 0 Å². The predicted molar refractivity (Wildman–Crippen MR) is 66.9 cm³/mol. The minimum atomic E-state index is -0.646. The van der Waals surface area contributed by atoms with Gasteiger partial charge in [0.05, 0.1) is 18.1 Å². The normalized spacial score (nSPS) is 23.8. The van der Waals surface area contributed by atoms with Crippen LogP contribution < -0.4 is 0 Å². The molecule has 3 nitrogen and oxygen atoms in total. The third-order valence-electron chi connectivity index (χ3n) is 2.92. The zero-order valence-electron chi connectivity index (χ0n) is 9.80. The fourth-order valence-electron chi connectivity index (χ4n) is 1.95. The van der Waals surface area contributed by atoms with Crippen LogP contribution in [0, 0.1) is 12.8 Å². The topological polar surface area (TPSA) is 43.4 Å². The lowest BCUT2D eigenvalue weighted by molar-refractivity contribution is -0.148. The molecule has 0 bridgehead atoms. The molecule has 0 amide bonds. The largest absolute Gasteiger partial charge is 0.468 e. The first-order valence-electron chi connectivity index (χ1n) is 5.42. The Bertz CT molecular complexity index is 438. The van der Waals surface area contributed by atoms with Crippen molar-refractivity contribution in [3.63, 3.8) is 0 Å². The Morgan fingerprint density at radius 3 is 2.59 bits per heavy atom. The molecule has 90 valence electrons. The average Bonchev–Trinajstić information content (AvgIpc) is 2.71. The monoisotopic (exact) mass is 250 g/mol. The molecule has 1 fully saturated rings. The summed E-state index contributed by atoms with van der Waals surface area (Å²) in [4.78, 5) is 23.3. The predicted octanol–water partition coefficient (Wildman–Crippen LogP) is 2.14. The van der Waals surface area contributed by atoms with Gasteiger partial charge in [0.2, 0.25) is 0 Å². The molecule has 0 aliphatic carbocycles. The highest BCUT2D eigenvalue weighted by Gasteiger charge is 2.42. The van der Waals surface area contributed by atoms with Crippen molar-refractivity contribution < 1.29 is 14.3 Å². The molecule has 4 heteroatoms. The lowest BCUT2D eigenvalue weighted by Gasteiger charge is -2.15. The van der Waals surface area contributed by atoms with Gasteiger partial charge in [-0.3, -0.25) is 9.59 Å². The minimum absolute atomic E-state index is 0.0348. The molecule has 2 atom stereocenters. The lowest BCUT2D eigenvalue weighted by Crippen LogP contribution is -2.25. The second kappa shape index (κ2) is 4.92. The molecule has 1 aliphatic rings. The van der Waals surface area contributed by atoms with Crippen LogP contribution in [0.4, 0.5) is 0 Å². The Morgan fingerprint density at radius 2 is 2.00 bits per heavy atom. The van der Waals surface area contributed by atoms with Crippen molar-refractivity contribution in [3.05, 3.63) is 35.4 Å². The zero-order chi connectivity index (χ0) is 12.4. The van der Waals surface area contributed by atoms with E-state index in [9.17, 15) is 9.59 Å². The van der Waals surface area contributed by atoms with Crippen molar-refractivity contribution >= 4 is 23.5 Å². The standard InChI is InChI=1S/C13H14O3S/c1-8-3-5-9(6-4-8)12-11(13(15)16-2)10(14)7-17-12/h3-6,11-12H,7H2,1-2H3. The number of esters is 1. The number of thioether (sulfide) groups is 1. The molecule has 0 saturated carbocycles. The van der Waals surface area contributed by atoms with Crippen LogP contribution in [0.1, 0.15) is 16.4 Å². The fourth-order valence-corrected chi connectivity index (χ4v) is 3.28. The van der Waals surface area contributed by atoms with E-state index in [1.165, 1.54) is 18.9 Å². The summed E-state index contributed by atoms with van der Waals surface area (Å²) < 4.78 is 4.71. The maximum Gasteiger partial charge on any atom is 0.317 e. The van der Waals surface area contributed by atoms with Crippen molar-refractivity contribution in [2.75, 3.05) is 12.9 Å². The van der Waals surface area contributed by atoms with Gasteiger partial charge in [-0.05, 0) is 12.5 Å². The van der Waals surface area contributed by atoms with Gasteiger partial charge in [-0.1, -0.05) is 29.8 Å². The molecular formula is C13H14O3S. The highest BCUT2D eigenvalue weighted by Crippen LogP contribution is 2.43. The number of aryl methyl sites for hydroxylation is 1. The summed E-state index contributed by atoms with van der Waals surface area (Å²) in [6.45, 7) is 2.01. The van der Waals surface area contributed by atoms with E-state index in [1.807, 2.05) is 31.2 Å². The van der Waals surface area contributed by atoms with Gasteiger partial charge in [-0.2, -0.15) is 0 Å². The summed E-state index contributed by atoms with van der Waals surface area (Å²) >= 11 is 1.51. The Hall–Kier alpha value is -1.29. The number of benzene rings is 1. The third kappa shape index (κ3) is 2.36. The lowest BCUT2D eigenvalue weighted by atomic mass is 9.95. The second-order valence-corrected chi connectivity index (χ2v) is 5.24. The number of rotatable bonds is 2. The van der Waals surface area contributed by atoms with E-state index in [0.717, 1.165) is 11.1 Å². The molecule has 17 heavy (non-hydrogen) atoms. The van der Waals surface area contributed by atoms with Gasteiger partial charge >= 0.3 is 5.97 Å². The summed E-state index contributed by atoms with van der Waals surface area (Å²) in [5.74, 6) is -0.719. The van der Waals surface area contributed by atoms with Crippen LogP contribution in [-0.4, -0.2) is 24.6 Å². The Balaban J connectivity index is 2.28. The van der Waals surface area contributed by atoms with Crippen molar-refractivity contribution in [1.29, 1.82) is 0 Å². The van der Waals surface area contributed by atoms with Gasteiger partial charge in [0, 0.05) is 0 Å². The van der Waals surface area contributed by atoms with Crippen LogP contribution in [0.2, 0.25) is 0 Å². The van der Waals surface area contributed by atoms with Crippen LogP contribution in [0.5, 0.6) is 0 Å². The van der Waals surface area contributed by atoms with E-state index < -0.39 is 11.9 Å². The molecule has 0 N–H and O–H groups in total. The fraction of sp³-hybridized carbons (Fsp3) is 0.385. The van der Waals surface area contributed by atoms with E-state index in [2.05, 4.69) is 0 Å². The summed E-state index contributed by atoms with van der Waals surface area (Å²) in [5.41, 5.74) is 2.18. The first-order chi connectivity index (χ1) is 8.13. The van der Waals surface area contributed by atoms with Crippen LogP contribution in [-0.2, 0) is 14.3 Å². The Kier molecular flexibility index (Phi) is 3.52. The number of carbonyl (C=O) groups is 2. The number of Topliss-reactive ketones (excluding diaryl/α,β-unsaturated/α-hetero) is 1. The van der Waals surface area contributed by atoms with Gasteiger partial charge in [0.15, 0.2) is 5.78 Å². The van der Waals surface area contributed by atoms with Crippen molar-refractivity contribution in [3.8, 4) is 0 Å². The Morgan fingerprint density at radius 1 is 1.35 bits per heavy atom. The first kappa shape index (κ1) is 12.2. The number of hydrogen-bond donors (Lipinski definition) is 0. The number of hydrogen-bond acceptors (Lipinski definition) is 4. The highest BCUT2D eigenvalue weighted by atomic mass is 32.2. The SMILES string of the molecule is COC(=O)C1C(=O)CSC1c1ccc(C)cc1. The van der Waals surface area contributed by atoms with Crippen LogP contribution in [0.25, 0.3) is 0 Å². The van der Waals surface area contributed by atoms with Gasteiger partial charge < -0.3 is 4.74 Å². The van der Waals surface area contributed by atoms with E-state index in [0.29, 0.717) is 5.75 Å². The highest BCUT2D eigenvalue weighted by molar-refractivity contribution is 8.00. The zero-order valence-corrected chi connectivity index (χ0v) is 10.6. The van der Waals surface area contributed by atoms with Gasteiger partial charge in [0.1, 0.15) is 5.92 Å². The average molecular weight is 250 g/mol. The number of methoxy groups -OCH3 is 1. The number of ketones is 1. The van der Waals surface area contributed by atoms with Gasteiger partial charge in [-0.15, -0.1) is 11.8 Å². The molecule has 2 rings (SSSR count). The van der Waals surface area contributed by atoms with Crippen molar-refractivity contribution in [1.82, 2.24) is 0 Å². The molecule has 2 unspecified atom stereocenters. The third-order valence-corrected chi connectivity index (χ3v) is 4.27. The van der Waals surface area contributed by atoms with Gasteiger partial charge in [0.25, 0.3) is 0 Å². The molecule has 1 saturated heterocycles. The quantitative estimate of drug-likeness (QED) is 0.596. The summed E-state index contributed by atoms with van der Waals surface area (Å²) in [6.07, 6.45) is 0. The Labute approximate surface area is 105 Å². The second-order valence-electron chi connectivity index (χ2n) is 4.11. The summed E-state index contributed by atoms with van der Waals surface area (Å²) in [5, 5.41) is -0.101. The maximum atomic E-state index is 11.7. The van der Waals surface area contributed by atoms with Crippen LogP contribution >= 0.6 is 11.8 Å². The summed E-state index contributed by atoms with van der Waals surface area (Å²) in [6, 6.07) is 7.93. The molecule has 0 radical (unpaired) electrons. The minimum Gasteiger partial charge on any atom is -0.468 e. The molecule has 1 aromatic rings. The van der Waals surface area contributed by atoms with Crippen LogP contribution in [0.15, 0.2) is 24.3 Å². The van der Waals surface area contributed by atoms with E-state index in [4.69, 9.17) is 4.74 Å². The van der Waals surface area contributed by atoms with E-state index in [-0.39, 0.29) is 11.0 Å². The smallest absolute Gasteiger partial charge is 0.317 e. The molecule has 1 aliphatic heterocycles. The molecule has 1 heterocycles. The summed E-state index contributed by atoms with van der Waals surface area (Å²) in [7, 11) is 1.32. The van der Waals surface area contributed by atoms with Crippen molar-refractivity contribution in [2.45, 2.75) is 12.2 Å². The van der Waals surface area contributed by atoms with Gasteiger partial charge in [-0.25, -0.2) is 0 Å². The first-order valence-corrected chi connectivity index (χ1v) is 6.47. The molecule has 1 aromatic carbocycles. The molecule has 0 aromatic heterocycles. The number of carbonyl (C=O) groups excluding carboxylic acids is 2. The number of ether oxygens (including phenoxy) is 1.